The summed E-state index contributed by atoms with van der Waals surface area (Å²) >= 11 is 0. The van der Waals surface area contributed by atoms with E-state index in [1.54, 1.807) is 28.2 Å². The van der Waals surface area contributed by atoms with E-state index in [0.717, 1.165) is 0 Å². The van der Waals surface area contributed by atoms with Gasteiger partial charge in [-0.1, -0.05) is 64.4 Å². The van der Waals surface area contributed by atoms with E-state index in [1.165, 1.54) is 57.8 Å². The predicted molar refractivity (Wildman–Crippen MR) is 73.3 cm³/mol. The van der Waals surface area contributed by atoms with Gasteiger partial charge in [0.1, 0.15) is 0 Å². The Hall–Kier alpha value is -0.0399. The zero-order valence-electron chi connectivity index (χ0n) is 11.5. The van der Waals surface area contributed by atoms with Crippen LogP contribution in [0.25, 0.3) is 0 Å². The van der Waals surface area contributed by atoms with E-state index in [9.17, 15) is 0 Å². The predicted octanol–water partition coefficient (Wildman–Crippen LogP) is 4.62. The van der Waals surface area contributed by atoms with Gasteiger partial charge in [-0.05, 0) is 6.42 Å². The Balaban J connectivity index is 0.00000120. The van der Waals surface area contributed by atoms with Gasteiger partial charge in [-0.15, -0.1) is 22.8 Å². The second-order valence-corrected chi connectivity index (χ2v) is 5.65. The van der Waals surface area contributed by atoms with Crippen molar-refractivity contribution in [1.82, 2.24) is 0 Å². The Morgan fingerprint density at radius 1 is 1.06 bits per heavy atom. The van der Waals surface area contributed by atoms with Crippen molar-refractivity contribution < 1.29 is 25.8 Å². The molecular weight excluding hydrogens is 383 g/mol. The number of rotatable bonds is 4. The molecule has 0 spiro atoms. The first-order chi connectivity index (χ1) is 8.40. The molecule has 0 saturated carbocycles. The van der Waals surface area contributed by atoms with Gasteiger partial charge in [0.25, 0.3) is 0 Å². The first-order valence-electron chi connectivity index (χ1n) is 7.39. The largest absolute Gasteiger partial charge is 0.182 e. The molecule has 0 saturated heterocycles. The van der Waals surface area contributed by atoms with Crippen LogP contribution in [0.4, 0.5) is 0 Å². The quantitative estimate of drug-likeness (QED) is 0.389. The molecule has 3 rings (SSSR count). The molecule has 2 aliphatic carbocycles. The van der Waals surface area contributed by atoms with Crippen molar-refractivity contribution in [3.05, 3.63) is 40.3 Å². The molecule has 0 nitrogen and oxygen atoms in total. The van der Waals surface area contributed by atoms with E-state index in [0.29, 0.717) is 0 Å². The summed E-state index contributed by atoms with van der Waals surface area (Å²) in [5.41, 5.74) is 6.75. The third-order valence-corrected chi connectivity index (χ3v) is 4.50. The Morgan fingerprint density at radius 2 is 1.89 bits per heavy atom. The van der Waals surface area contributed by atoms with Crippen molar-refractivity contribution in [2.75, 3.05) is 0 Å². The van der Waals surface area contributed by atoms with Crippen LogP contribution in [0.1, 0.15) is 67.7 Å². The zero-order valence-corrected chi connectivity index (χ0v) is 15.1. The molecule has 0 amide bonds. The van der Waals surface area contributed by atoms with Crippen LogP contribution in [0.2, 0.25) is 0 Å². The maximum atomic E-state index is 2.41. The second-order valence-electron chi connectivity index (χ2n) is 5.65. The van der Waals surface area contributed by atoms with Crippen molar-refractivity contribution in [3.8, 4) is 0 Å². The van der Waals surface area contributed by atoms with Crippen molar-refractivity contribution in [3.63, 3.8) is 0 Å². The molecule has 0 N–H and O–H groups in total. The number of aryl methyl sites for hydroxylation is 2. The first kappa shape index (κ1) is 14.4. The SMILES string of the molecule is CCCCC[C-]1CCc2ccc3c(c21)CCC3.[Hf]. The first-order valence-corrected chi connectivity index (χ1v) is 7.39. The average Bonchev–Trinajstić information content (AvgIpc) is 2.94. The van der Waals surface area contributed by atoms with Crippen LogP contribution < -0.4 is 0 Å². The van der Waals surface area contributed by atoms with Gasteiger partial charge in [0.2, 0.25) is 0 Å². The number of hydrogen-bond acceptors (Lipinski definition) is 0. The molecule has 1 aromatic rings. The fourth-order valence-corrected chi connectivity index (χ4v) is 3.61. The van der Waals surface area contributed by atoms with Crippen LogP contribution in [0, 0.1) is 5.92 Å². The Labute approximate surface area is 130 Å². The van der Waals surface area contributed by atoms with E-state index in [-0.39, 0.29) is 25.8 Å². The van der Waals surface area contributed by atoms with E-state index in [1.807, 2.05) is 0 Å². The fraction of sp³-hybridized carbons (Fsp3) is 0.588. The molecule has 0 atom stereocenters. The molecule has 0 fully saturated rings. The van der Waals surface area contributed by atoms with Crippen molar-refractivity contribution in [2.45, 2.75) is 64.7 Å². The second kappa shape index (κ2) is 6.41. The summed E-state index contributed by atoms with van der Waals surface area (Å²) in [7, 11) is 0. The minimum Gasteiger partial charge on any atom is -0.182 e. The zero-order chi connectivity index (χ0) is 11.7. The van der Waals surface area contributed by atoms with E-state index in [4.69, 9.17) is 0 Å². The molecule has 18 heavy (non-hydrogen) atoms. The average molecular weight is 406 g/mol. The maximum absolute atomic E-state index is 2.41. The minimum absolute atomic E-state index is 0. The van der Waals surface area contributed by atoms with Crippen LogP contribution in [-0.2, 0) is 45.1 Å². The summed E-state index contributed by atoms with van der Waals surface area (Å²) in [6.07, 6.45) is 12.2. The van der Waals surface area contributed by atoms with Crippen LogP contribution >= 0.6 is 0 Å². The van der Waals surface area contributed by atoms with Gasteiger partial charge in [0, 0.05) is 25.8 Å². The van der Waals surface area contributed by atoms with Gasteiger partial charge in [0.05, 0.1) is 0 Å². The van der Waals surface area contributed by atoms with Crippen LogP contribution in [0.3, 0.4) is 0 Å². The van der Waals surface area contributed by atoms with E-state index < -0.39 is 0 Å². The third-order valence-electron chi connectivity index (χ3n) is 4.50. The topological polar surface area (TPSA) is 0 Å². The van der Waals surface area contributed by atoms with E-state index in [2.05, 4.69) is 19.1 Å². The van der Waals surface area contributed by atoms with Crippen molar-refractivity contribution >= 4 is 0 Å². The molecule has 96 valence electrons. The molecule has 0 unspecified atom stereocenters. The molecule has 0 bridgehead atoms. The maximum Gasteiger partial charge on any atom is 0 e. The van der Waals surface area contributed by atoms with Crippen LogP contribution in [0.5, 0.6) is 0 Å². The smallest absolute Gasteiger partial charge is 0 e. The van der Waals surface area contributed by atoms with Gasteiger partial charge in [-0.2, -0.15) is 11.5 Å². The molecule has 1 heteroatoms. The van der Waals surface area contributed by atoms with Gasteiger partial charge in [-0.25, -0.2) is 0 Å². The van der Waals surface area contributed by atoms with Gasteiger partial charge < -0.3 is 0 Å². The van der Waals surface area contributed by atoms with Crippen LogP contribution in [0.15, 0.2) is 12.1 Å². The molecule has 1 aromatic carbocycles. The van der Waals surface area contributed by atoms with Gasteiger partial charge in [0.15, 0.2) is 0 Å². The standard InChI is InChI=1S/C17H23.Hf/c1-2-3-4-6-14-11-12-15-10-9-13-7-5-8-16(13)17(14)15;/h9-10H,2-8,11-12H2,1H3;/q-1;. The minimum atomic E-state index is 0. The molecular formula is C17H23Hf-. The normalized spacial score (nSPS) is 16.4. The van der Waals surface area contributed by atoms with Crippen LogP contribution in [-0.4, -0.2) is 0 Å². The molecule has 0 aliphatic heterocycles. The monoisotopic (exact) mass is 407 g/mol. The van der Waals surface area contributed by atoms with Gasteiger partial charge in [-0.3, -0.25) is 0 Å². The Bertz CT molecular complexity index is 408. The van der Waals surface area contributed by atoms with E-state index >= 15 is 0 Å². The van der Waals surface area contributed by atoms with Gasteiger partial charge >= 0.3 is 0 Å². The molecule has 0 heterocycles. The third kappa shape index (κ3) is 2.61. The number of fused-ring (bicyclic) bond motifs is 3. The molecule has 0 radical (unpaired) electrons. The Kier molecular flexibility index (Phi) is 5.12. The summed E-state index contributed by atoms with van der Waals surface area (Å²) in [4.78, 5) is 0. The summed E-state index contributed by atoms with van der Waals surface area (Å²) in [6, 6.07) is 4.81. The summed E-state index contributed by atoms with van der Waals surface area (Å²) in [5, 5.41) is 0. The Morgan fingerprint density at radius 3 is 2.72 bits per heavy atom. The summed E-state index contributed by atoms with van der Waals surface area (Å²) < 4.78 is 0. The van der Waals surface area contributed by atoms with Crippen molar-refractivity contribution in [1.29, 1.82) is 0 Å². The fourth-order valence-electron chi connectivity index (χ4n) is 3.61. The number of benzene rings is 1. The molecule has 2 aliphatic rings. The van der Waals surface area contributed by atoms with Crippen molar-refractivity contribution in [2.24, 2.45) is 0 Å². The summed E-state index contributed by atoms with van der Waals surface area (Å²) in [6.45, 7) is 2.30. The number of unbranched alkanes of at least 4 members (excludes halogenated alkanes) is 2. The number of hydrogen-bond donors (Lipinski definition) is 0. The molecule has 0 aromatic heterocycles. The summed E-state index contributed by atoms with van der Waals surface area (Å²) in [5.74, 6) is 1.78.